The van der Waals surface area contributed by atoms with Crippen LogP contribution in [0.2, 0.25) is 0 Å². The van der Waals surface area contributed by atoms with Gasteiger partial charge in [0.25, 0.3) is 0 Å². The van der Waals surface area contributed by atoms with Crippen LogP contribution >= 0.6 is 0 Å². The van der Waals surface area contributed by atoms with Crippen molar-refractivity contribution in [2.24, 2.45) is 0 Å². The summed E-state index contributed by atoms with van der Waals surface area (Å²) in [5.74, 6) is 0. The summed E-state index contributed by atoms with van der Waals surface area (Å²) in [6, 6.07) is -49.6. The van der Waals surface area contributed by atoms with Crippen LogP contribution in [0, 0.1) is 0 Å². The van der Waals surface area contributed by atoms with Crippen molar-refractivity contribution in [1.29, 1.82) is 0 Å². The van der Waals surface area contributed by atoms with E-state index in [9.17, 15) is 26.0 Å². The van der Waals surface area contributed by atoms with Gasteiger partial charge in [0.1, 0.15) is 22.3 Å². The van der Waals surface area contributed by atoms with Crippen LogP contribution < -0.4 is 0 Å². The Hall–Kier alpha value is -11.8. The highest BCUT2D eigenvalue weighted by Gasteiger charge is 2.24. The van der Waals surface area contributed by atoms with Gasteiger partial charge in [-0.25, -0.2) is 0 Å². The molecule has 0 bridgehead atoms. The summed E-state index contributed by atoms with van der Waals surface area (Å²) in [6.07, 6.45) is 0. The second-order valence-electron chi connectivity index (χ2n) is 19.5. The summed E-state index contributed by atoms with van der Waals surface area (Å²) < 4.78 is 496. The second kappa shape index (κ2) is 21.0. The third-order valence-corrected chi connectivity index (χ3v) is 14.7. The Labute approximate surface area is 595 Å². The molecule has 2 heterocycles. The first kappa shape index (κ1) is 20.9. The Morgan fingerprint density at radius 1 is 0.189 bits per heavy atom. The monoisotopic (exact) mass is 1200 g/mol. The lowest BCUT2D eigenvalue weighted by atomic mass is 9.84. The van der Waals surface area contributed by atoms with E-state index in [4.69, 9.17) is 56.8 Å². The Morgan fingerprint density at radius 3 is 0.944 bits per heavy atom. The normalized spacial score (nSPS) is 20.2. The molecule has 0 saturated carbocycles. The van der Waals surface area contributed by atoms with Crippen molar-refractivity contribution < 1.29 is 82.9 Å². The molecule has 0 aliphatic rings. The fraction of sp³-hybridized carbons (Fsp3) is 0. The molecule has 0 spiro atoms. The van der Waals surface area contributed by atoms with Crippen molar-refractivity contribution in [1.82, 2.24) is 0 Å². The summed E-state index contributed by atoms with van der Waals surface area (Å²) in [7, 11) is 0. The van der Waals surface area contributed by atoms with Gasteiger partial charge in [-0.05, 0) is 174 Å². The molecule has 0 saturated heterocycles. The number of hydrogen-bond acceptors (Lipinski definition) is 2. The van der Waals surface area contributed by atoms with E-state index >= 15 is 0 Å². The predicted molar refractivity (Wildman–Crippen MR) is 383 cm³/mol. The van der Waals surface area contributed by atoms with Gasteiger partial charge in [-0.15, -0.1) is 0 Å². The van der Waals surface area contributed by atoms with E-state index in [1.54, 1.807) is 0 Å². The molecule has 0 fully saturated rings. The number of hydrogen-bond donors (Lipinski definition) is 0. The molecule has 2 nitrogen and oxygen atoms in total. The molecule has 0 amide bonds. The molecule has 17 aromatic carbocycles. The average Bonchev–Trinajstić information content (AvgIpc) is 1.25. The van der Waals surface area contributed by atoms with Crippen molar-refractivity contribution in [3.05, 3.63) is 326 Å². The predicted octanol–water partition coefficient (Wildman–Crippen LogP) is 25.2. The molecule has 19 aromatic rings. The summed E-state index contributed by atoms with van der Waals surface area (Å²) in [4.78, 5) is 0. The minimum atomic E-state index is -1.06. The van der Waals surface area contributed by atoms with E-state index in [1.165, 1.54) is 0 Å². The van der Waals surface area contributed by atoms with Gasteiger partial charge in [0.05, 0.1) is 74.0 Å². The quantitative estimate of drug-likeness (QED) is 0.155. The van der Waals surface area contributed by atoms with Gasteiger partial charge >= 0.3 is 0 Å². The van der Waals surface area contributed by atoms with Crippen LogP contribution in [-0.2, 0) is 0 Å². The number of rotatable bonds is 6. The zero-order valence-electron chi connectivity index (χ0n) is 98.8. The molecular weight excluding hydrogens is 1090 g/mol. The molecule has 0 unspecified atom stereocenters. The molecule has 0 aliphatic heterocycles. The van der Waals surface area contributed by atoms with Crippen LogP contribution in [0.1, 0.15) is 74.0 Å². The van der Waals surface area contributed by atoms with Gasteiger partial charge in [0.15, 0.2) is 0 Å². The van der Waals surface area contributed by atoms with Crippen LogP contribution in [0.25, 0.3) is 186 Å². The lowest BCUT2D eigenvalue weighted by molar-refractivity contribution is 0.672. The average molecular weight is 1200 g/mol. The zero-order chi connectivity index (χ0) is 106. The minimum absolute atomic E-state index is 0.449. The Kier molecular flexibility index (Phi) is 4.87. The maximum absolute atomic E-state index is 9.73. The first-order valence-corrected chi connectivity index (χ1v) is 26.6. The molecule has 418 valence electrons. The molecule has 2 heteroatoms. The van der Waals surface area contributed by atoms with Crippen LogP contribution in [0.5, 0.6) is 0 Å². The largest absolute Gasteiger partial charge is 0.455 e. The minimum Gasteiger partial charge on any atom is -0.455 e. The van der Waals surface area contributed by atoms with Crippen LogP contribution in [-0.4, -0.2) is 0 Å². The molecule has 19 rings (SSSR count). The van der Waals surface area contributed by atoms with Gasteiger partial charge < -0.3 is 8.83 Å². The molecular formula is C88H54O2. The van der Waals surface area contributed by atoms with Crippen LogP contribution in [0.3, 0.4) is 0 Å². The number of benzene rings is 17. The van der Waals surface area contributed by atoms with Crippen LogP contribution in [0.4, 0.5) is 0 Å². The highest BCUT2D eigenvalue weighted by molar-refractivity contribution is 6.29. The number of fused-ring (bicyclic) bond motifs is 15. The van der Waals surface area contributed by atoms with Crippen LogP contribution in [0.15, 0.2) is 335 Å². The lowest BCUT2D eigenvalue weighted by Crippen LogP contribution is -1.91. The Balaban J connectivity index is 0.000000190. The maximum Gasteiger partial charge on any atom is 0.143 e. The van der Waals surface area contributed by atoms with E-state index in [0.717, 1.165) is 0 Å². The smallest absolute Gasteiger partial charge is 0.143 e. The van der Waals surface area contributed by atoms with E-state index in [0.29, 0.717) is 0 Å². The summed E-state index contributed by atoms with van der Waals surface area (Å²) in [6.45, 7) is 0. The standard InChI is InChI=1S/C46H28O.C42H26O/c1-2-11-29(12-3-1)31-21-22-33-28-34(24-23-32(33)27-31)43-36-15-6-8-17-38(36)44(39-18-9-7-16-37(39)43)40-19-10-20-42-45(40)41-26-25-30-13-4-5-14-35(30)46(41)47-42;1-2-12-27(13-3-1)29-15-10-16-30(26-29)39-32-18-6-8-20-34(32)40(35-21-9-7-19-33(35)39)36-22-11-23-38-41(36)37-25-24-28-14-4-5-17-31(28)42(37)43-38/h1-28H;1-26H/i1D,2D,3D,4D,5D,6D,7D,8D,9D,10D,11D,12D,13D,14D,15D,16D,17D,18D,19D,20D,21D,22D,23D,24D,25D,26D,27D,28D;1D,2D,3D,4D,5D,6D,7D,8D,9D,10D,11D,12D,13D,14D,15D,16D,17D,18D,19D,20D,21D,22D,23D,24D,25D,26D. The van der Waals surface area contributed by atoms with Crippen molar-refractivity contribution in [3.63, 3.8) is 0 Å². The second-order valence-corrected chi connectivity index (χ2v) is 19.5. The molecule has 0 N–H and O–H groups in total. The summed E-state index contributed by atoms with van der Waals surface area (Å²) in [5, 5.41) is -11.2. The van der Waals surface area contributed by atoms with Crippen molar-refractivity contribution >= 4 is 119 Å². The first-order valence-electron chi connectivity index (χ1n) is 53.6. The van der Waals surface area contributed by atoms with Gasteiger partial charge in [0, 0.05) is 32.3 Å². The van der Waals surface area contributed by atoms with E-state index in [-0.39, 0.29) is 0 Å². The molecule has 0 aliphatic carbocycles. The van der Waals surface area contributed by atoms with E-state index in [1.807, 2.05) is 0 Å². The Bertz CT molecular complexity index is 9260. The first-order chi connectivity index (χ1) is 67.1. The van der Waals surface area contributed by atoms with Gasteiger partial charge in [0.2, 0.25) is 0 Å². The lowest BCUT2D eigenvalue weighted by Gasteiger charge is -2.18. The van der Waals surface area contributed by atoms with Gasteiger partial charge in [-0.2, -0.15) is 0 Å². The SMILES string of the molecule is [2H]c1c([2H])c([2H])c(-c2c([2H])c([2H])c([2H])c(-c3c4c([2H])c([2H])c([2H])c([2H])c4c(-c4c([2H])c([2H])c([2H])c5oc6c7c([2H])c([2H])c([2H])c([2H])c7c([2H])c([2H])c6c45)c4c([2H])c([2H])c([2H])c([2H])c34)c2[2H])c([2H])c1[2H].[2H]c1c([2H])c([2H])c(-c2c([2H])c([2H])c3c([2H])c(-c4c5c([2H])c([2H])c([2H])c([2H])c5c(-c5c([2H])c([2H])c([2H])c6oc7c8c([2H])c([2H])c([2H])c([2H])c8c([2H])c([2H])c7c56)c5c([2H])c([2H])c([2H])c([2H])c45)c([2H])c([2H])c3c2[2H])c([2H])c1[2H]. The number of furan rings is 2. The van der Waals surface area contributed by atoms with E-state index in [2.05, 4.69) is 0 Å². The van der Waals surface area contributed by atoms with Gasteiger partial charge in [-0.1, -0.05) is 284 Å². The topological polar surface area (TPSA) is 26.3 Å². The summed E-state index contributed by atoms with van der Waals surface area (Å²) in [5.41, 5.74) is -11.3. The Morgan fingerprint density at radius 2 is 0.500 bits per heavy atom. The fourth-order valence-corrected chi connectivity index (χ4v) is 11.0. The summed E-state index contributed by atoms with van der Waals surface area (Å²) >= 11 is 0. The van der Waals surface area contributed by atoms with E-state index < -0.39 is 512 Å². The third-order valence-electron chi connectivity index (χ3n) is 14.7. The molecule has 2 aromatic heterocycles. The van der Waals surface area contributed by atoms with Gasteiger partial charge in [-0.3, -0.25) is 0 Å². The molecule has 0 atom stereocenters. The zero-order valence-corrected chi connectivity index (χ0v) is 44.8. The van der Waals surface area contributed by atoms with Crippen molar-refractivity contribution in [3.8, 4) is 66.8 Å². The molecule has 0 radical (unpaired) electrons. The van der Waals surface area contributed by atoms with Crippen molar-refractivity contribution in [2.75, 3.05) is 0 Å². The molecule has 90 heavy (non-hydrogen) atoms. The third kappa shape index (κ3) is 8.26. The maximum atomic E-state index is 9.73. The van der Waals surface area contributed by atoms with Crippen molar-refractivity contribution in [2.45, 2.75) is 0 Å². The highest BCUT2D eigenvalue weighted by atomic mass is 16.3. The fourth-order valence-electron chi connectivity index (χ4n) is 11.0. The highest BCUT2D eigenvalue weighted by Crippen LogP contribution is 2.50.